The number of methoxy groups -OCH3 is 1. The summed E-state index contributed by atoms with van der Waals surface area (Å²) in [4.78, 5) is 25.5. The van der Waals surface area contributed by atoms with Crippen LogP contribution in [0.1, 0.15) is 169 Å². The molecule has 0 bridgehead atoms. The zero-order valence-corrected chi connectivity index (χ0v) is 78.8. The number of phenols is 1. The van der Waals surface area contributed by atoms with Crippen LogP contribution in [0.2, 0.25) is 5.02 Å². The van der Waals surface area contributed by atoms with E-state index in [4.69, 9.17) is 22.1 Å². The fourth-order valence-electron chi connectivity index (χ4n) is 15.7. The van der Waals surface area contributed by atoms with E-state index in [1.54, 1.807) is 11.6 Å². The summed E-state index contributed by atoms with van der Waals surface area (Å²) in [5.41, 5.74) is 35.4. The fourth-order valence-corrected chi connectivity index (χ4v) is 15.9. The van der Waals surface area contributed by atoms with Crippen molar-refractivity contribution in [2.75, 3.05) is 142 Å². The van der Waals surface area contributed by atoms with E-state index >= 15 is 0 Å². The third-order valence-corrected chi connectivity index (χ3v) is 22.7. The minimum Gasteiger partial charge on any atom is -0.506 e. The summed E-state index contributed by atoms with van der Waals surface area (Å²) >= 11 is 5.93. The van der Waals surface area contributed by atoms with Gasteiger partial charge in [-0.15, -0.1) is 24.8 Å². The molecule has 6 aliphatic heterocycles. The second kappa shape index (κ2) is 56.6. The zero-order chi connectivity index (χ0) is 86.1. The van der Waals surface area contributed by atoms with E-state index < -0.39 is 0 Å². The van der Waals surface area contributed by atoms with Gasteiger partial charge in [-0.3, -0.25) is 4.79 Å². The number of fused-ring (bicyclic) bond motifs is 6. The van der Waals surface area contributed by atoms with Gasteiger partial charge in [0.25, 0.3) is 0 Å². The van der Waals surface area contributed by atoms with Crippen molar-refractivity contribution >= 4 is 76.5 Å². The average molecular weight is 1730 g/mol. The second-order valence-corrected chi connectivity index (χ2v) is 33.6. The van der Waals surface area contributed by atoms with Crippen LogP contribution in [0.25, 0.3) is 0 Å². The van der Waals surface area contributed by atoms with Gasteiger partial charge in [-0.2, -0.15) is 0 Å². The summed E-state index contributed by atoms with van der Waals surface area (Å²) in [5.74, 6) is 1.25. The number of rotatable bonds is 23. The third-order valence-electron chi connectivity index (χ3n) is 22.5. The number of halogens is 3. The van der Waals surface area contributed by atoms with Crippen LogP contribution in [0.5, 0.6) is 11.5 Å². The number of anilines is 6. The lowest BCUT2D eigenvalue weighted by atomic mass is 10.1. The number of ether oxygens (including phenoxy) is 2. The van der Waals surface area contributed by atoms with E-state index in [2.05, 4.69) is 299 Å². The van der Waals surface area contributed by atoms with Crippen LogP contribution >= 0.6 is 36.4 Å². The van der Waals surface area contributed by atoms with Crippen LogP contribution in [0.15, 0.2) is 212 Å². The Hall–Kier alpha value is -9.18. The Morgan fingerprint density at radius 2 is 0.797 bits per heavy atom. The highest BCUT2D eigenvalue weighted by Crippen LogP contribution is 2.39. The number of unbranched alkanes of at least 4 members (excludes halogenated alkanes) is 1. The third kappa shape index (κ3) is 35.4. The molecule has 0 amide bonds. The summed E-state index contributed by atoms with van der Waals surface area (Å²) < 4.78 is 10.7. The van der Waals surface area contributed by atoms with E-state index in [0.29, 0.717) is 31.4 Å². The number of benzene rings is 10. The van der Waals surface area contributed by atoms with Gasteiger partial charge in [0.15, 0.2) is 0 Å². The van der Waals surface area contributed by atoms with Gasteiger partial charge in [0, 0.05) is 112 Å². The van der Waals surface area contributed by atoms with Gasteiger partial charge < -0.3 is 60.3 Å². The molecule has 6 heterocycles. The standard InChI is InChI=1S/C18H22N2O.C14H22N2O.C13H20N2.C13H19N.C12H14ClNO2.C12H17N.3C8H10.CH4.2ClH/c19-11-5-12-20-13-10-16-8-4-9-17(18(16)20)21-14-15-6-2-1-3-7-15;1-11(2)15-8-4-9-16-10-7-12-5-3-6-13(17)14(12)16;1-11-4-5-13-12(10-11)6-9-15(13)8-3-7-14-2;1-3-4-8-14-9-7-12-10-11(2)5-6-13(12)14;1-16-12(15)5-7-14-6-4-9-8-10(13)2-3-11(9)14;1-3-7-13-8-6-11-9-10(2)4-5-12(11)13;3*1-7-3-5-8(2)6-4-7;;;/h1-4,6-9H,5,10-14,19H2;3,5-6,11,15,17H,4,7-10H2,1-2H3;4-5,10,14H,3,6-9H2,1-2H3;5-6,10H,3-4,7-9H2,1-2H3;2-3,8H,4-7H2,1H3;4-5,9H,3,6-8H2,1-2H3;3*3-6H,1-2H3;1H4;2*1H. The molecule has 0 saturated carbocycles. The van der Waals surface area contributed by atoms with Crippen LogP contribution in [0.3, 0.4) is 0 Å². The maximum absolute atomic E-state index is 11.1. The first-order chi connectivity index (χ1) is 58.1. The van der Waals surface area contributed by atoms with Crippen LogP contribution in [0, 0.1) is 62.3 Å². The Bertz CT molecular complexity index is 4480. The van der Waals surface area contributed by atoms with Gasteiger partial charge in [-0.25, -0.2) is 0 Å². The number of aromatic hydroxyl groups is 1. The number of phenolic OH excluding ortho intramolecular Hbond substituents is 1. The Morgan fingerprint density at radius 1 is 0.423 bits per heavy atom. The Kier molecular flexibility index (Phi) is 48.1. The predicted octanol–water partition coefficient (Wildman–Crippen LogP) is 23.7. The molecule has 10 aromatic rings. The minimum atomic E-state index is -0.164. The smallest absolute Gasteiger partial charge is 0.307 e. The summed E-state index contributed by atoms with van der Waals surface area (Å²) in [6, 6.07) is 74.8. The summed E-state index contributed by atoms with van der Waals surface area (Å²) in [7, 11) is 3.43. The van der Waals surface area contributed by atoms with Gasteiger partial charge in [-0.1, -0.05) is 267 Å². The highest BCUT2D eigenvalue weighted by Gasteiger charge is 2.26. The van der Waals surface area contributed by atoms with E-state index in [1.165, 1.54) is 203 Å². The number of nitrogens with one attached hydrogen (secondary N) is 2. The van der Waals surface area contributed by atoms with Crippen molar-refractivity contribution in [2.24, 2.45) is 5.73 Å². The Morgan fingerprint density at radius 3 is 1.24 bits per heavy atom. The molecular weight excluding hydrogens is 1580 g/mol. The number of para-hydroxylation sites is 2. The van der Waals surface area contributed by atoms with Crippen molar-refractivity contribution in [3.8, 4) is 11.5 Å². The number of nitrogens with zero attached hydrogens (tertiary/aromatic N) is 6. The molecule has 0 atom stereocenters. The lowest BCUT2D eigenvalue weighted by molar-refractivity contribution is -0.140. The van der Waals surface area contributed by atoms with Gasteiger partial charge >= 0.3 is 5.97 Å². The summed E-state index contributed by atoms with van der Waals surface area (Å²) in [6.45, 7) is 44.5. The van der Waals surface area contributed by atoms with Gasteiger partial charge in [0.1, 0.15) is 18.1 Å². The van der Waals surface area contributed by atoms with Crippen LogP contribution < -0.4 is 50.5 Å². The first kappa shape index (κ1) is 104. The highest BCUT2D eigenvalue weighted by molar-refractivity contribution is 6.30. The Balaban J connectivity index is 0.000000249. The summed E-state index contributed by atoms with van der Waals surface area (Å²) in [6.07, 6.45) is 14.5. The first-order valence-electron chi connectivity index (χ1n) is 44.5. The van der Waals surface area contributed by atoms with E-state index in [-0.39, 0.29) is 38.2 Å². The number of nitrogens with two attached hydrogens (primary N) is 1. The topological polar surface area (TPSA) is 125 Å². The normalized spacial score (nSPS) is 12.8. The molecule has 0 fully saturated rings. The molecule has 0 radical (unpaired) electrons. The molecule has 0 aromatic heterocycles. The molecule has 0 saturated heterocycles. The molecule has 13 nitrogen and oxygen atoms in total. The predicted molar refractivity (Wildman–Crippen MR) is 537 cm³/mol. The molecule has 123 heavy (non-hydrogen) atoms. The van der Waals surface area contributed by atoms with E-state index in [0.717, 1.165) is 101 Å². The fraction of sp³-hybridized carbons (Fsp3) is 0.430. The molecule has 5 N–H and O–H groups in total. The second-order valence-electron chi connectivity index (χ2n) is 33.1. The minimum absolute atomic E-state index is 0. The number of aryl methyl sites for hydroxylation is 9. The van der Waals surface area contributed by atoms with Gasteiger partial charge in [-0.05, 0) is 247 Å². The monoisotopic (exact) mass is 1730 g/mol. The molecule has 668 valence electrons. The van der Waals surface area contributed by atoms with Crippen molar-refractivity contribution in [1.82, 2.24) is 10.6 Å². The van der Waals surface area contributed by atoms with Crippen LogP contribution in [-0.2, 0) is 54.7 Å². The number of carbonyl (C=O) groups excluding carboxylic acids is 1. The molecule has 0 spiro atoms. The largest absolute Gasteiger partial charge is 0.506 e. The summed E-state index contributed by atoms with van der Waals surface area (Å²) in [5, 5.41) is 17.3. The van der Waals surface area contributed by atoms with Crippen molar-refractivity contribution < 1.29 is 19.4 Å². The van der Waals surface area contributed by atoms with Crippen molar-refractivity contribution in [2.45, 2.75) is 194 Å². The van der Waals surface area contributed by atoms with E-state index in [9.17, 15) is 9.90 Å². The molecule has 6 aliphatic rings. The molecular formula is C107H150Cl3N9O4. The molecule has 16 rings (SSSR count). The number of carbonyl (C=O) groups is 1. The average Bonchev–Trinajstić information content (AvgIpc) is 1.69. The first-order valence-corrected chi connectivity index (χ1v) is 44.9. The van der Waals surface area contributed by atoms with Gasteiger partial charge in [0.05, 0.1) is 24.9 Å². The zero-order valence-electron chi connectivity index (χ0n) is 76.4. The lowest BCUT2D eigenvalue weighted by Crippen LogP contribution is -2.28. The SMILES string of the molecule is C.CC(C)NCCCN1CCc2cccc(O)c21.CCCCN1CCc2cc(C)ccc21.CCCN1CCc2cc(C)ccc21.CNCCCN1CCc2cc(C)ccc21.COC(=O)CCN1CCc2cc(Cl)ccc21.Cc1ccc(C)cc1.Cc1ccc(C)cc1.Cc1ccc(C)cc1.Cl.Cl.NCCCN1CCc2cccc(OCc3ccccc3)c21. The molecule has 10 aromatic carbocycles. The number of hydrogen-bond acceptors (Lipinski definition) is 13. The maximum Gasteiger partial charge on any atom is 0.307 e. The van der Waals surface area contributed by atoms with Gasteiger partial charge in [0.2, 0.25) is 0 Å². The molecule has 0 unspecified atom stereocenters. The molecule has 0 aliphatic carbocycles. The highest BCUT2D eigenvalue weighted by atomic mass is 35.5. The maximum atomic E-state index is 11.1. The van der Waals surface area contributed by atoms with Crippen molar-refractivity contribution in [3.05, 3.63) is 306 Å². The number of esters is 1. The van der Waals surface area contributed by atoms with E-state index in [1.807, 2.05) is 49.5 Å². The number of hydrogen-bond donors (Lipinski definition) is 4. The molecule has 16 heteroatoms. The van der Waals surface area contributed by atoms with Crippen molar-refractivity contribution in [3.63, 3.8) is 0 Å². The lowest BCUT2D eigenvalue weighted by Gasteiger charge is -2.22. The Labute approximate surface area is 760 Å². The van der Waals surface area contributed by atoms with Crippen LogP contribution in [-0.4, -0.2) is 129 Å². The van der Waals surface area contributed by atoms with Crippen molar-refractivity contribution in [1.29, 1.82) is 0 Å². The quantitative estimate of drug-likeness (QED) is 0.0359. The van der Waals surface area contributed by atoms with Crippen LogP contribution in [0.4, 0.5) is 34.1 Å².